The summed E-state index contributed by atoms with van der Waals surface area (Å²) in [7, 11) is 1.35. The van der Waals surface area contributed by atoms with Gasteiger partial charge in [0.2, 0.25) is 5.91 Å². The van der Waals surface area contributed by atoms with Crippen molar-refractivity contribution >= 4 is 29.7 Å². The predicted octanol–water partition coefficient (Wildman–Crippen LogP) is 1.41. The summed E-state index contributed by atoms with van der Waals surface area (Å²) in [5, 5.41) is 2.94. The van der Waals surface area contributed by atoms with Crippen molar-refractivity contribution in [2.24, 2.45) is 5.92 Å². The van der Waals surface area contributed by atoms with Crippen molar-refractivity contribution in [1.82, 2.24) is 10.2 Å². The normalized spacial score (nSPS) is 23.2. The van der Waals surface area contributed by atoms with Gasteiger partial charge in [0.15, 0.2) is 0 Å². The van der Waals surface area contributed by atoms with Crippen molar-refractivity contribution in [3.8, 4) is 0 Å². The van der Waals surface area contributed by atoms with Crippen molar-refractivity contribution in [1.29, 1.82) is 0 Å². The van der Waals surface area contributed by atoms with E-state index >= 15 is 0 Å². The maximum atomic E-state index is 12.7. The Balaban J connectivity index is 2.01. The van der Waals surface area contributed by atoms with Gasteiger partial charge in [-0.15, -0.1) is 0 Å². The fourth-order valence-electron chi connectivity index (χ4n) is 3.21. The molecule has 2 rings (SSSR count). The van der Waals surface area contributed by atoms with Crippen LogP contribution in [0.3, 0.4) is 0 Å². The van der Waals surface area contributed by atoms with Gasteiger partial charge in [0.25, 0.3) is 0 Å². The van der Waals surface area contributed by atoms with Crippen LogP contribution >= 0.6 is 11.8 Å². The van der Waals surface area contributed by atoms with E-state index in [2.05, 4.69) is 5.32 Å². The van der Waals surface area contributed by atoms with E-state index in [9.17, 15) is 14.4 Å². The van der Waals surface area contributed by atoms with E-state index in [0.717, 1.165) is 17.9 Å². The van der Waals surface area contributed by atoms with Gasteiger partial charge >= 0.3 is 12.1 Å². The quantitative estimate of drug-likeness (QED) is 0.765. The lowest BCUT2D eigenvalue weighted by atomic mass is 9.89. The van der Waals surface area contributed by atoms with Crippen LogP contribution in [0.2, 0.25) is 0 Å². The van der Waals surface area contributed by atoms with E-state index in [1.165, 1.54) is 7.11 Å². The van der Waals surface area contributed by atoms with Crippen LogP contribution < -0.4 is 5.32 Å². The molecule has 2 heterocycles. The number of carbonyl (C=O) groups is 3. The Morgan fingerprint density at radius 1 is 1.29 bits per heavy atom. The van der Waals surface area contributed by atoms with Gasteiger partial charge in [-0.1, -0.05) is 0 Å². The highest BCUT2D eigenvalue weighted by Crippen LogP contribution is 2.29. The number of hydrogen-bond acceptors (Lipinski definition) is 6. The fraction of sp³-hybridized carbons (Fsp3) is 0.812. The predicted molar refractivity (Wildman–Crippen MR) is 90.8 cm³/mol. The summed E-state index contributed by atoms with van der Waals surface area (Å²) in [5.74, 6) is 0.749. The lowest BCUT2D eigenvalue weighted by Gasteiger charge is -2.37. The van der Waals surface area contributed by atoms with Gasteiger partial charge in [0.1, 0.15) is 5.54 Å². The third-order valence-corrected chi connectivity index (χ3v) is 5.59. The molecule has 1 N–H and O–H groups in total. The van der Waals surface area contributed by atoms with E-state index in [0.29, 0.717) is 39.0 Å². The molecule has 0 aromatic heterocycles. The van der Waals surface area contributed by atoms with Crippen LogP contribution in [0, 0.1) is 5.92 Å². The minimum absolute atomic E-state index is 0.179. The molecule has 2 aliphatic heterocycles. The van der Waals surface area contributed by atoms with Crippen molar-refractivity contribution in [2.75, 3.05) is 38.3 Å². The summed E-state index contributed by atoms with van der Waals surface area (Å²) in [6.45, 7) is 3.00. The van der Waals surface area contributed by atoms with Crippen molar-refractivity contribution in [3.05, 3.63) is 0 Å². The maximum absolute atomic E-state index is 12.7. The van der Waals surface area contributed by atoms with E-state index in [4.69, 9.17) is 9.47 Å². The van der Waals surface area contributed by atoms with Crippen LogP contribution in [0.25, 0.3) is 0 Å². The van der Waals surface area contributed by atoms with Crippen molar-refractivity contribution in [2.45, 2.75) is 38.1 Å². The largest absolute Gasteiger partial charge is 0.467 e. The number of rotatable bonds is 4. The summed E-state index contributed by atoms with van der Waals surface area (Å²) in [5.41, 5.74) is -0.927. The molecular formula is C16H26N2O5S. The smallest absolute Gasteiger partial charge is 0.409 e. The molecule has 0 aliphatic carbocycles. The molecule has 0 saturated carbocycles. The molecule has 24 heavy (non-hydrogen) atoms. The summed E-state index contributed by atoms with van der Waals surface area (Å²) < 4.78 is 9.94. The molecule has 2 amide bonds. The third kappa shape index (κ3) is 4.34. The first-order valence-corrected chi connectivity index (χ1v) is 9.58. The number of carbonyl (C=O) groups excluding carboxylic acids is 3. The highest BCUT2D eigenvalue weighted by molar-refractivity contribution is 7.99. The summed E-state index contributed by atoms with van der Waals surface area (Å²) >= 11 is 1.77. The van der Waals surface area contributed by atoms with Crippen LogP contribution in [0.15, 0.2) is 0 Å². The Bertz CT molecular complexity index is 479. The molecule has 0 aromatic carbocycles. The molecule has 136 valence electrons. The number of thioether (sulfide) groups is 1. The molecule has 2 fully saturated rings. The standard InChI is InChI=1S/C16H26N2O5S/c1-3-23-15(21)18-8-4-5-12(11-18)13(19)17-16(14(20)22-2)6-9-24-10-7-16/h12H,3-11H2,1-2H3,(H,17,19)/t12-/m0/s1. The summed E-state index contributed by atoms with van der Waals surface area (Å²) in [6, 6.07) is 0. The van der Waals surface area contributed by atoms with Crippen molar-refractivity contribution < 1.29 is 23.9 Å². The van der Waals surface area contributed by atoms with Crippen LogP contribution in [-0.2, 0) is 19.1 Å². The number of likely N-dealkylation sites (tertiary alicyclic amines) is 1. The molecule has 8 heteroatoms. The topological polar surface area (TPSA) is 84.9 Å². The molecule has 0 radical (unpaired) electrons. The number of methoxy groups -OCH3 is 1. The number of amides is 2. The summed E-state index contributed by atoms with van der Waals surface area (Å²) in [4.78, 5) is 38.4. The maximum Gasteiger partial charge on any atom is 0.409 e. The Morgan fingerprint density at radius 2 is 2.00 bits per heavy atom. The molecule has 1 atom stereocenters. The zero-order valence-corrected chi connectivity index (χ0v) is 15.2. The number of nitrogens with one attached hydrogen (secondary N) is 1. The van der Waals surface area contributed by atoms with E-state index in [1.807, 2.05) is 0 Å². The molecular weight excluding hydrogens is 332 g/mol. The molecule has 2 aliphatic rings. The Kier molecular flexibility index (Phi) is 6.77. The van der Waals surface area contributed by atoms with Gasteiger partial charge in [-0.25, -0.2) is 9.59 Å². The highest BCUT2D eigenvalue weighted by Gasteiger charge is 2.43. The van der Waals surface area contributed by atoms with Gasteiger partial charge in [-0.05, 0) is 44.1 Å². The van der Waals surface area contributed by atoms with Gasteiger partial charge in [-0.2, -0.15) is 11.8 Å². The summed E-state index contributed by atoms with van der Waals surface area (Å²) in [6.07, 6.45) is 2.22. The number of nitrogens with zero attached hydrogens (tertiary/aromatic N) is 1. The zero-order chi connectivity index (χ0) is 17.6. The van der Waals surface area contributed by atoms with Crippen LogP contribution in [0.1, 0.15) is 32.6 Å². The number of piperidine rings is 1. The average molecular weight is 358 g/mol. The first-order valence-electron chi connectivity index (χ1n) is 8.42. The van der Waals surface area contributed by atoms with Gasteiger partial charge in [0, 0.05) is 13.1 Å². The van der Waals surface area contributed by atoms with Gasteiger partial charge in [-0.3, -0.25) is 4.79 Å². The second kappa shape index (κ2) is 8.60. The molecule has 0 spiro atoms. The zero-order valence-electron chi connectivity index (χ0n) is 14.3. The fourth-order valence-corrected chi connectivity index (χ4v) is 4.39. The molecule has 0 bridgehead atoms. The third-order valence-electron chi connectivity index (χ3n) is 4.60. The molecule has 2 saturated heterocycles. The van der Waals surface area contributed by atoms with Crippen LogP contribution in [0.4, 0.5) is 4.79 Å². The molecule has 0 aromatic rings. The lowest BCUT2D eigenvalue weighted by Crippen LogP contribution is -2.59. The van der Waals surface area contributed by atoms with E-state index in [1.54, 1.807) is 23.6 Å². The first kappa shape index (κ1) is 18.9. The Hall–Kier alpha value is -1.44. The van der Waals surface area contributed by atoms with Crippen molar-refractivity contribution in [3.63, 3.8) is 0 Å². The van der Waals surface area contributed by atoms with E-state index < -0.39 is 5.54 Å². The van der Waals surface area contributed by atoms with Gasteiger partial charge < -0.3 is 19.7 Å². The average Bonchev–Trinajstić information content (AvgIpc) is 2.62. The SMILES string of the molecule is CCOC(=O)N1CCC[C@H](C(=O)NC2(C(=O)OC)CCSCC2)C1. The lowest BCUT2D eigenvalue weighted by molar-refractivity contribution is -0.152. The minimum Gasteiger partial charge on any atom is -0.467 e. The Morgan fingerprint density at radius 3 is 2.62 bits per heavy atom. The molecule has 7 nitrogen and oxygen atoms in total. The monoisotopic (exact) mass is 358 g/mol. The molecule has 0 unspecified atom stereocenters. The van der Waals surface area contributed by atoms with E-state index in [-0.39, 0.29) is 23.9 Å². The van der Waals surface area contributed by atoms with Crippen LogP contribution in [0.5, 0.6) is 0 Å². The number of ether oxygens (including phenoxy) is 2. The van der Waals surface area contributed by atoms with Crippen LogP contribution in [-0.4, -0.2) is 66.7 Å². The Labute approximate surface area is 146 Å². The second-order valence-electron chi connectivity index (χ2n) is 6.16. The second-order valence-corrected chi connectivity index (χ2v) is 7.38. The van der Waals surface area contributed by atoms with Gasteiger partial charge in [0.05, 0.1) is 19.6 Å². The minimum atomic E-state index is -0.927. The highest BCUT2D eigenvalue weighted by atomic mass is 32.2. The number of esters is 1. The number of hydrogen-bond donors (Lipinski definition) is 1. The first-order chi connectivity index (χ1) is 11.5.